The summed E-state index contributed by atoms with van der Waals surface area (Å²) < 4.78 is 5.22. The Hall–Kier alpha value is -0.610. The summed E-state index contributed by atoms with van der Waals surface area (Å²) in [6, 6.07) is -0.425. The maximum atomic E-state index is 10.5. The number of ether oxygens (including phenoxy) is 1. The minimum absolute atomic E-state index is 0.102. The highest BCUT2D eigenvalue weighted by molar-refractivity contribution is 5.73. The molecule has 1 aliphatic heterocycles. The summed E-state index contributed by atoms with van der Waals surface area (Å²) >= 11 is 0. The van der Waals surface area contributed by atoms with Gasteiger partial charge < -0.3 is 9.84 Å². The van der Waals surface area contributed by atoms with Gasteiger partial charge >= 0.3 is 5.97 Å². The summed E-state index contributed by atoms with van der Waals surface area (Å²) in [6.45, 7) is 4.11. The average Bonchev–Trinajstić information content (AvgIpc) is 1.94. The van der Waals surface area contributed by atoms with Crippen molar-refractivity contribution in [1.82, 2.24) is 5.32 Å². The summed E-state index contributed by atoms with van der Waals surface area (Å²) in [5.74, 6) is -0.844. The second kappa shape index (κ2) is 3.19. The molecule has 0 bridgehead atoms. The Balaban J connectivity index is 2.46. The lowest BCUT2D eigenvalue weighted by atomic mass is 10.1. The molecular formula is C7H13NO3. The molecule has 0 aromatic carbocycles. The van der Waals surface area contributed by atoms with Gasteiger partial charge in [-0.3, -0.25) is 10.1 Å². The van der Waals surface area contributed by atoms with Gasteiger partial charge in [0.05, 0.1) is 12.7 Å². The summed E-state index contributed by atoms with van der Waals surface area (Å²) in [6.07, 6.45) is 0.102. The molecule has 0 amide bonds. The Morgan fingerprint density at radius 2 is 2.27 bits per heavy atom. The Morgan fingerprint density at radius 3 is 2.73 bits per heavy atom. The third-order valence-corrected chi connectivity index (χ3v) is 1.99. The van der Waals surface area contributed by atoms with Gasteiger partial charge in [0.15, 0.2) is 0 Å². The second-order valence-corrected chi connectivity index (χ2v) is 2.88. The van der Waals surface area contributed by atoms with E-state index in [0.717, 1.165) is 0 Å². The highest BCUT2D eigenvalue weighted by Gasteiger charge is 2.28. The van der Waals surface area contributed by atoms with Crippen molar-refractivity contribution in [3.05, 3.63) is 0 Å². The molecule has 3 atom stereocenters. The standard InChI is InChI=1S/C7H13NO3/c1-4-5(2)11-3-6(8-4)7(9)10/h4-6,8H,3H2,1-2H3,(H,9,10)/t4-,5+,6-/m0/s1. The molecule has 1 aliphatic rings. The van der Waals surface area contributed by atoms with Crippen molar-refractivity contribution in [1.29, 1.82) is 0 Å². The number of nitrogens with one attached hydrogen (secondary N) is 1. The first-order valence-electron chi connectivity index (χ1n) is 3.71. The molecule has 4 nitrogen and oxygen atoms in total. The van der Waals surface area contributed by atoms with Crippen LogP contribution in [0, 0.1) is 0 Å². The first-order valence-corrected chi connectivity index (χ1v) is 3.71. The fourth-order valence-corrected chi connectivity index (χ4v) is 1.04. The number of carboxylic acids is 1. The summed E-state index contributed by atoms with van der Waals surface area (Å²) in [5.41, 5.74) is 0. The predicted octanol–water partition coefficient (Wildman–Crippen LogP) is -0.164. The zero-order chi connectivity index (χ0) is 8.43. The molecule has 64 valence electrons. The van der Waals surface area contributed by atoms with E-state index in [2.05, 4.69) is 5.32 Å². The van der Waals surface area contributed by atoms with Gasteiger partial charge in [-0.15, -0.1) is 0 Å². The van der Waals surface area contributed by atoms with Crippen molar-refractivity contribution < 1.29 is 14.6 Å². The summed E-state index contributed by atoms with van der Waals surface area (Å²) in [5, 5.41) is 11.5. The van der Waals surface area contributed by atoms with E-state index in [4.69, 9.17) is 9.84 Å². The van der Waals surface area contributed by atoms with Crippen LogP contribution in [0.3, 0.4) is 0 Å². The minimum Gasteiger partial charge on any atom is -0.480 e. The Morgan fingerprint density at radius 1 is 1.64 bits per heavy atom. The zero-order valence-electron chi connectivity index (χ0n) is 6.70. The Bertz CT molecular complexity index is 160. The number of hydrogen-bond donors (Lipinski definition) is 2. The van der Waals surface area contributed by atoms with E-state index < -0.39 is 12.0 Å². The highest BCUT2D eigenvalue weighted by Crippen LogP contribution is 2.06. The Kier molecular flexibility index (Phi) is 2.46. The van der Waals surface area contributed by atoms with E-state index in [1.165, 1.54) is 0 Å². The van der Waals surface area contributed by atoms with E-state index in [9.17, 15) is 4.79 Å². The SMILES string of the molecule is C[C@@H]1N[C@H](C(=O)O)CO[C@@H]1C. The molecule has 1 fully saturated rings. The molecule has 4 heteroatoms. The van der Waals surface area contributed by atoms with Gasteiger partial charge in [0.1, 0.15) is 6.04 Å². The number of hydrogen-bond acceptors (Lipinski definition) is 3. The molecular weight excluding hydrogens is 146 g/mol. The van der Waals surface area contributed by atoms with Crippen LogP contribution < -0.4 is 5.32 Å². The zero-order valence-corrected chi connectivity index (χ0v) is 6.70. The molecule has 0 aliphatic carbocycles. The largest absolute Gasteiger partial charge is 0.480 e. The van der Waals surface area contributed by atoms with E-state index in [1.54, 1.807) is 0 Å². The lowest BCUT2D eigenvalue weighted by Gasteiger charge is -2.31. The fourth-order valence-electron chi connectivity index (χ4n) is 1.04. The highest BCUT2D eigenvalue weighted by atomic mass is 16.5. The fraction of sp³-hybridized carbons (Fsp3) is 0.857. The molecule has 0 aromatic rings. The minimum atomic E-state index is -0.844. The van der Waals surface area contributed by atoms with Crippen LogP contribution in [-0.4, -0.2) is 35.9 Å². The molecule has 0 aromatic heterocycles. The predicted molar refractivity (Wildman–Crippen MR) is 39.4 cm³/mol. The van der Waals surface area contributed by atoms with Crippen LogP contribution in [0.2, 0.25) is 0 Å². The van der Waals surface area contributed by atoms with Gasteiger partial charge in [-0.25, -0.2) is 0 Å². The summed E-state index contributed by atoms with van der Waals surface area (Å²) in [4.78, 5) is 10.5. The van der Waals surface area contributed by atoms with Crippen LogP contribution in [-0.2, 0) is 9.53 Å². The van der Waals surface area contributed by atoms with E-state index in [0.29, 0.717) is 0 Å². The smallest absolute Gasteiger partial charge is 0.323 e. The van der Waals surface area contributed by atoms with Crippen molar-refractivity contribution in [2.75, 3.05) is 6.61 Å². The lowest BCUT2D eigenvalue weighted by Crippen LogP contribution is -2.54. The number of carbonyl (C=O) groups is 1. The molecule has 0 saturated carbocycles. The van der Waals surface area contributed by atoms with Gasteiger partial charge in [-0.2, -0.15) is 0 Å². The normalized spacial score (nSPS) is 38.5. The average molecular weight is 159 g/mol. The first-order chi connectivity index (χ1) is 5.11. The molecule has 0 unspecified atom stereocenters. The van der Waals surface area contributed by atoms with Crippen molar-refractivity contribution in [2.24, 2.45) is 0 Å². The second-order valence-electron chi connectivity index (χ2n) is 2.88. The number of rotatable bonds is 1. The summed E-state index contributed by atoms with van der Waals surface area (Å²) in [7, 11) is 0. The van der Waals surface area contributed by atoms with Gasteiger partial charge in [0, 0.05) is 6.04 Å². The molecule has 11 heavy (non-hydrogen) atoms. The molecule has 2 N–H and O–H groups in total. The quantitative estimate of drug-likeness (QED) is 0.558. The van der Waals surface area contributed by atoms with Gasteiger partial charge in [-0.1, -0.05) is 0 Å². The monoisotopic (exact) mass is 159 g/mol. The molecule has 0 radical (unpaired) electrons. The van der Waals surface area contributed by atoms with Crippen molar-refractivity contribution in [3.8, 4) is 0 Å². The van der Waals surface area contributed by atoms with Crippen LogP contribution in [0.25, 0.3) is 0 Å². The van der Waals surface area contributed by atoms with Crippen LogP contribution in [0.1, 0.15) is 13.8 Å². The van der Waals surface area contributed by atoms with Crippen LogP contribution in [0.15, 0.2) is 0 Å². The molecule has 1 saturated heterocycles. The first kappa shape index (κ1) is 8.49. The van der Waals surface area contributed by atoms with Crippen molar-refractivity contribution >= 4 is 5.97 Å². The maximum Gasteiger partial charge on any atom is 0.323 e. The third-order valence-electron chi connectivity index (χ3n) is 1.99. The van der Waals surface area contributed by atoms with Gasteiger partial charge in [0.25, 0.3) is 0 Å². The van der Waals surface area contributed by atoms with Crippen molar-refractivity contribution in [3.63, 3.8) is 0 Å². The lowest BCUT2D eigenvalue weighted by molar-refractivity contribution is -0.145. The molecule has 1 heterocycles. The van der Waals surface area contributed by atoms with Crippen LogP contribution in [0.4, 0.5) is 0 Å². The van der Waals surface area contributed by atoms with E-state index in [1.807, 2.05) is 13.8 Å². The van der Waals surface area contributed by atoms with Gasteiger partial charge in [0.2, 0.25) is 0 Å². The number of carboxylic acid groups (broad SMARTS) is 1. The maximum absolute atomic E-state index is 10.5. The topological polar surface area (TPSA) is 58.6 Å². The molecule has 1 rings (SSSR count). The van der Waals surface area contributed by atoms with Crippen LogP contribution >= 0.6 is 0 Å². The number of aliphatic carboxylic acids is 1. The van der Waals surface area contributed by atoms with Crippen molar-refractivity contribution in [2.45, 2.75) is 32.0 Å². The van der Waals surface area contributed by atoms with Gasteiger partial charge in [-0.05, 0) is 13.8 Å². The Labute approximate surface area is 65.5 Å². The van der Waals surface area contributed by atoms with E-state index in [-0.39, 0.29) is 18.8 Å². The molecule has 0 spiro atoms. The van der Waals surface area contributed by atoms with Crippen LogP contribution in [0.5, 0.6) is 0 Å². The van der Waals surface area contributed by atoms with E-state index >= 15 is 0 Å². The third kappa shape index (κ3) is 1.91. The number of morpholine rings is 1.